The van der Waals surface area contributed by atoms with Crippen LogP contribution in [0.1, 0.15) is 51.7 Å². The molecule has 2 aromatic carbocycles. The van der Waals surface area contributed by atoms with Gasteiger partial charge in [0.1, 0.15) is 23.3 Å². The molecule has 1 aliphatic rings. The minimum absolute atomic E-state index is 0.00825. The summed E-state index contributed by atoms with van der Waals surface area (Å²) in [6.45, 7) is 6.59. The number of fused-ring (bicyclic) bond motifs is 1. The highest BCUT2D eigenvalue weighted by atomic mass is 32.1. The largest absolute Gasteiger partial charge is 0.478 e. The first kappa shape index (κ1) is 28.7. The van der Waals surface area contributed by atoms with E-state index < -0.39 is 29.0 Å². The van der Waals surface area contributed by atoms with Gasteiger partial charge in [-0.3, -0.25) is 0 Å². The highest BCUT2D eigenvalue weighted by molar-refractivity contribution is 7.11. The fraction of sp³-hybridized carbons (Fsp3) is 0.300. The number of hydrogen-bond donors (Lipinski definition) is 1. The van der Waals surface area contributed by atoms with Gasteiger partial charge in [-0.2, -0.15) is 0 Å². The molecule has 222 valence electrons. The Morgan fingerprint density at radius 1 is 1.14 bits per heavy atom. The molecule has 43 heavy (non-hydrogen) atoms. The summed E-state index contributed by atoms with van der Waals surface area (Å²) in [5.74, 6) is -4.33. The van der Waals surface area contributed by atoms with Crippen molar-refractivity contribution in [2.24, 2.45) is 5.41 Å². The standard InChI is InChI=1S/C30H26F3N5O4S/c1-15-36-37-26(43-15)13-42-25-6-4-5-20(35-25)18-10-19(31)17(27(32)28(18)33)11-24-34-21-8-7-16(29(39)40)9-22(21)38(24)23-12-41-14-30(23,2)3/h4-10,23H,11-14H2,1-3H3,(H,39,40). The molecule has 1 atom stereocenters. The Bertz CT molecular complexity index is 1870. The van der Waals surface area contributed by atoms with E-state index in [0.29, 0.717) is 29.3 Å². The van der Waals surface area contributed by atoms with E-state index in [0.717, 1.165) is 11.1 Å². The molecule has 1 fully saturated rings. The summed E-state index contributed by atoms with van der Waals surface area (Å²) in [4.78, 5) is 20.5. The van der Waals surface area contributed by atoms with E-state index in [-0.39, 0.29) is 53.0 Å². The van der Waals surface area contributed by atoms with Gasteiger partial charge >= 0.3 is 5.97 Å². The summed E-state index contributed by atoms with van der Waals surface area (Å²) in [6, 6.07) is 9.57. The molecular weight excluding hydrogens is 583 g/mol. The van der Waals surface area contributed by atoms with Crippen molar-refractivity contribution in [2.75, 3.05) is 13.2 Å². The number of halogens is 3. The monoisotopic (exact) mass is 609 g/mol. The molecular formula is C30H26F3N5O4S. The van der Waals surface area contributed by atoms with Crippen LogP contribution in [0.3, 0.4) is 0 Å². The van der Waals surface area contributed by atoms with Crippen molar-refractivity contribution in [1.29, 1.82) is 0 Å². The average Bonchev–Trinajstić information content (AvgIpc) is 3.66. The van der Waals surface area contributed by atoms with Gasteiger partial charge in [0.05, 0.1) is 41.5 Å². The molecule has 1 unspecified atom stereocenters. The van der Waals surface area contributed by atoms with Crippen molar-refractivity contribution in [3.63, 3.8) is 0 Å². The molecule has 0 radical (unpaired) electrons. The van der Waals surface area contributed by atoms with Crippen LogP contribution in [-0.4, -0.2) is 49.0 Å². The molecule has 1 aliphatic heterocycles. The molecule has 0 saturated carbocycles. The summed E-state index contributed by atoms with van der Waals surface area (Å²) >= 11 is 1.35. The Kier molecular flexibility index (Phi) is 7.38. The number of ether oxygens (including phenoxy) is 2. The zero-order valence-corrected chi connectivity index (χ0v) is 24.2. The zero-order valence-electron chi connectivity index (χ0n) is 23.4. The van der Waals surface area contributed by atoms with Gasteiger partial charge in [-0.25, -0.2) is 27.9 Å². The number of carbonyl (C=O) groups is 1. The van der Waals surface area contributed by atoms with Crippen LogP contribution >= 0.6 is 11.3 Å². The Labute approximate surface area is 248 Å². The summed E-state index contributed by atoms with van der Waals surface area (Å²) < 4.78 is 59.9. The van der Waals surface area contributed by atoms with Crippen LogP contribution in [0.2, 0.25) is 0 Å². The Balaban J connectivity index is 1.36. The Morgan fingerprint density at radius 2 is 1.95 bits per heavy atom. The number of benzene rings is 2. The Morgan fingerprint density at radius 3 is 2.65 bits per heavy atom. The SMILES string of the molecule is Cc1nnc(COc2cccc(-c3cc(F)c(Cc4nc5ccc(C(=O)O)cc5n4C4COCC4(C)C)c(F)c3F)n2)s1. The van der Waals surface area contributed by atoms with Crippen molar-refractivity contribution >= 4 is 28.3 Å². The first-order valence-corrected chi connectivity index (χ1v) is 14.2. The lowest BCUT2D eigenvalue weighted by molar-refractivity contribution is 0.0697. The smallest absolute Gasteiger partial charge is 0.335 e. The van der Waals surface area contributed by atoms with E-state index in [4.69, 9.17) is 9.47 Å². The molecule has 5 aromatic rings. The van der Waals surface area contributed by atoms with Gasteiger partial charge in [0, 0.05) is 29.0 Å². The second-order valence-corrected chi connectivity index (χ2v) is 12.2. The first-order valence-electron chi connectivity index (χ1n) is 13.4. The molecule has 4 heterocycles. The number of nitrogens with zero attached hydrogens (tertiary/aromatic N) is 5. The van der Waals surface area contributed by atoms with E-state index in [1.807, 2.05) is 20.8 Å². The van der Waals surface area contributed by atoms with Crippen LogP contribution in [0.5, 0.6) is 5.88 Å². The normalized spacial score (nSPS) is 16.2. The predicted molar refractivity (Wildman–Crippen MR) is 152 cm³/mol. The van der Waals surface area contributed by atoms with Gasteiger partial charge < -0.3 is 19.1 Å². The lowest BCUT2D eigenvalue weighted by Crippen LogP contribution is -2.27. The van der Waals surface area contributed by atoms with Crippen LogP contribution in [0.4, 0.5) is 13.2 Å². The molecule has 9 nitrogen and oxygen atoms in total. The van der Waals surface area contributed by atoms with Gasteiger partial charge in [0.25, 0.3) is 0 Å². The number of carboxylic acids is 1. The van der Waals surface area contributed by atoms with Crippen LogP contribution < -0.4 is 4.74 Å². The lowest BCUT2D eigenvalue weighted by Gasteiger charge is -2.28. The fourth-order valence-electron chi connectivity index (χ4n) is 5.24. The lowest BCUT2D eigenvalue weighted by atomic mass is 9.87. The minimum Gasteiger partial charge on any atom is -0.478 e. The van der Waals surface area contributed by atoms with Crippen LogP contribution in [-0.2, 0) is 17.8 Å². The highest BCUT2D eigenvalue weighted by Crippen LogP contribution is 2.41. The summed E-state index contributed by atoms with van der Waals surface area (Å²) in [5.41, 5.74) is -0.284. The van der Waals surface area contributed by atoms with E-state index in [1.54, 1.807) is 22.8 Å². The molecule has 0 spiro atoms. The van der Waals surface area contributed by atoms with E-state index in [1.165, 1.54) is 29.5 Å². The van der Waals surface area contributed by atoms with E-state index >= 15 is 13.2 Å². The van der Waals surface area contributed by atoms with Crippen molar-refractivity contribution < 1.29 is 32.5 Å². The minimum atomic E-state index is -1.36. The second-order valence-electron chi connectivity index (χ2n) is 11.0. The number of aromatic carboxylic acids is 1. The third-order valence-electron chi connectivity index (χ3n) is 7.47. The zero-order chi connectivity index (χ0) is 30.5. The number of aryl methyl sites for hydroxylation is 1. The van der Waals surface area contributed by atoms with Gasteiger partial charge in [-0.1, -0.05) is 31.3 Å². The van der Waals surface area contributed by atoms with Crippen LogP contribution in [0, 0.1) is 29.8 Å². The molecule has 1 saturated heterocycles. The number of imidazole rings is 1. The number of rotatable bonds is 8. The third kappa shape index (κ3) is 5.45. The van der Waals surface area contributed by atoms with Crippen LogP contribution in [0.25, 0.3) is 22.3 Å². The van der Waals surface area contributed by atoms with Crippen LogP contribution in [0.15, 0.2) is 42.5 Å². The molecule has 13 heteroatoms. The topological polar surface area (TPSA) is 112 Å². The van der Waals surface area contributed by atoms with Crippen molar-refractivity contribution in [3.05, 3.63) is 86.9 Å². The number of hydrogen-bond acceptors (Lipinski definition) is 8. The van der Waals surface area contributed by atoms with Crippen molar-refractivity contribution in [1.82, 2.24) is 24.7 Å². The van der Waals surface area contributed by atoms with E-state index in [2.05, 4.69) is 20.2 Å². The average molecular weight is 610 g/mol. The maximum absolute atomic E-state index is 15.6. The van der Waals surface area contributed by atoms with Gasteiger partial charge in [-0.05, 0) is 37.3 Å². The molecule has 3 aromatic heterocycles. The van der Waals surface area contributed by atoms with Crippen molar-refractivity contribution in [3.8, 4) is 17.1 Å². The molecule has 0 amide bonds. The molecule has 6 rings (SSSR count). The predicted octanol–water partition coefficient (Wildman–Crippen LogP) is 6.14. The summed E-state index contributed by atoms with van der Waals surface area (Å²) in [6.07, 6.45) is -0.379. The molecule has 1 N–H and O–H groups in total. The van der Waals surface area contributed by atoms with Gasteiger partial charge in [-0.15, -0.1) is 10.2 Å². The second kappa shape index (κ2) is 11.0. The maximum atomic E-state index is 15.6. The van der Waals surface area contributed by atoms with Gasteiger partial charge in [0.2, 0.25) is 5.88 Å². The van der Waals surface area contributed by atoms with Crippen molar-refractivity contribution in [2.45, 2.75) is 39.8 Å². The number of carboxylic acid groups (broad SMARTS) is 1. The Hall–Kier alpha value is -4.36. The highest BCUT2D eigenvalue weighted by Gasteiger charge is 2.39. The fourth-order valence-corrected chi connectivity index (χ4v) is 5.87. The molecule has 0 aliphatic carbocycles. The molecule has 0 bridgehead atoms. The quantitative estimate of drug-likeness (QED) is 0.209. The van der Waals surface area contributed by atoms with E-state index in [9.17, 15) is 9.90 Å². The third-order valence-corrected chi connectivity index (χ3v) is 8.28. The maximum Gasteiger partial charge on any atom is 0.335 e. The number of pyridine rings is 1. The van der Waals surface area contributed by atoms with Gasteiger partial charge in [0.15, 0.2) is 16.6 Å². The number of aromatic nitrogens is 5. The summed E-state index contributed by atoms with van der Waals surface area (Å²) in [5, 5.41) is 18.8. The first-order chi connectivity index (χ1) is 20.5. The summed E-state index contributed by atoms with van der Waals surface area (Å²) in [7, 11) is 0.